The van der Waals surface area contributed by atoms with Crippen molar-refractivity contribution in [3.8, 4) is 5.82 Å². The first-order chi connectivity index (χ1) is 12.3. The first-order valence-electron chi connectivity index (χ1n) is 8.43. The Kier molecular flexibility index (Phi) is 4.59. The number of hydrogen-bond acceptors (Lipinski definition) is 6. The Hall–Kier alpha value is -3.02. The zero-order valence-electron chi connectivity index (χ0n) is 15.2. The average molecular weight is 355 g/mol. The maximum Gasteiger partial charge on any atom is 0.408 e. The first-order valence-corrected chi connectivity index (χ1v) is 8.43. The number of alkyl carbamates (subject to hydrolysis) is 1. The number of aromatic nitrogens is 5. The van der Waals surface area contributed by atoms with Crippen LogP contribution in [-0.2, 0) is 4.74 Å². The fourth-order valence-corrected chi connectivity index (χ4v) is 2.37. The van der Waals surface area contributed by atoms with Gasteiger partial charge < -0.3 is 14.9 Å². The van der Waals surface area contributed by atoms with Crippen LogP contribution in [0.3, 0.4) is 0 Å². The third-order valence-electron chi connectivity index (χ3n) is 3.68. The number of nitrogens with zero attached hydrogens (tertiary/aromatic N) is 6. The van der Waals surface area contributed by atoms with Crippen molar-refractivity contribution in [2.45, 2.75) is 58.1 Å². The smallest absolute Gasteiger partial charge is 0.408 e. The molecular formula is C17H21N7O2. The van der Waals surface area contributed by atoms with Gasteiger partial charge in [-0.2, -0.15) is 9.67 Å². The zero-order valence-corrected chi connectivity index (χ0v) is 15.2. The molecule has 0 aromatic carbocycles. The van der Waals surface area contributed by atoms with E-state index in [1.165, 1.54) is 6.33 Å². The molecule has 2 aromatic rings. The standard InChI is InChI=1S/C17H21N7O2/c1-10(21-16(25)26-17(2,3)4)15-22-14(11-6-7-11)23-24(15)13-8-12(18-5)19-9-20-13/h8-11H,6-7H2,1-4H3,(H,21,25)/t10-/m0/s1. The molecule has 2 heterocycles. The lowest BCUT2D eigenvalue weighted by Crippen LogP contribution is -2.35. The van der Waals surface area contributed by atoms with E-state index in [1.54, 1.807) is 38.4 Å². The second kappa shape index (κ2) is 6.71. The average Bonchev–Trinajstić information content (AvgIpc) is 3.31. The van der Waals surface area contributed by atoms with Crippen LogP contribution in [-0.4, -0.2) is 36.4 Å². The van der Waals surface area contributed by atoms with E-state index in [0.717, 1.165) is 18.7 Å². The molecule has 0 aliphatic heterocycles. The molecule has 1 N–H and O–H groups in total. The summed E-state index contributed by atoms with van der Waals surface area (Å²) in [5.74, 6) is 2.26. The molecule has 0 bridgehead atoms. The topological polar surface area (TPSA) is 99.2 Å². The highest BCUT2D eigenvalue weighted by Gasteiger charge is 2.31. The molecule has 9 heteroatoms. The van der Waals surface area contributed by atoms with Gasteiger partial charge >= 0.3 is 6.09 Å². The summed E-state index contributed by atoms with van der Waals surface area (Å²) in [4.78, 5) is 28.1. The van der Waals surface area contributed by atoms with Gasteiger partial charge in [-0.3, -0.25) is 0 Å². The third kappa shape index (κ3) is 4.14. The molecule has 136 valence electrons. The molecule has 2 aromatic heterocycles. The first kappa shape index (κ1) is 17.8. The Labute approximate surface area is 151 Å². The molecular weight excluding hydrogens is 334 g/mol. The summed E-state index contributed by atoms with van der Waals surface area (Å²) in [6.45, 7) is 14.3. The largest absolute Gasteiger partial charge is 0.444 e. The van der Waals surface area contributed by atoms with E-state index in [1.807, 2.05) is 0 Å². The van der Waals surface area contributed by atoms with Crippen molar-refractivity contribution >= 4 is 11.9 Å². The van der Waals surface area contributed by atoms with E-state index in [0.29, 0.717) is 17.6 Å². The van der Waals surface area contributed by atoms with Crippen molar-refractivity contribution in [1.82, 2.24) is 30.0 Å². The second-order valence-corrected chi connectivity index (χ2v) is 7.23. The van der Waals surface area contributed by atoms with Gasteiger partial charge in [0.25, 0.3) is 5.82 Å². The SMILES string of the molecule is [C-]#[N+]c1cc(-n2nc(C3CC3)nc2[C@H](C)NC(=O)OC(C)(C)C)ncn1. The van der Waals surface area contributed by atoms with Gasteiger partial charge in [0.1, 0.15) is 5.60 Å². The number of ether oxygens (including phenoxy) is 1. The van der Waals surface area contributed by atoms with Crippen LogP contribution in [0.1, 0.15) is 64.1 Å². The van der Waals surface area contributed by atoms with Crippen molar-refractivity contribution < 1.29 is 9.53 Å². The molecule has 0 unspecified atom stereocenters. The van der Waals surface area contributed by atoms with Gasteiger partial charge in [-0.15, -0.1) is 10.1 Å². The van der Waals surface area contributed by atoms with Gasteiger partial charge in [-0.25, -0.2) is 9.78 Å². The van der Waals surface area contributed by atoms with E-state index in [9.17, 15) is 4.79 Å². The van der Waals surface area contributed by atoms with Crippen LogP contribution in [0.5, 0.6) is 0 Å². The number of nitrogens with one attached hydrogen (secondary N) is 1. The molecule has 9 nitrogen and oxygen atoms in total. The molecule has 0 spiro atoms. The Bertz CT molecular complexity index is 859. The van der Waals surface area contributed by atoms with Crippen molar-refractivity contribution in [3.63, 3.8) is 0 Å². The number of amides is 1. The monoisotopic (exact) mass is 355 g/mol. The lowest BCUT2D eigenvalue weighted by molar-refractivity contribution is 0.0505. The van der Waals surface area contributed by atoms with Gasteiger partial charge in [-0.05, 0) is 40.5 Å². The van der Waals surface area contributed by atoms with Gasteiger partial charge in [-0.1, -0.05) is 6.57 Å². The molecule has 3 rings (SSSR count). The Morgan fingerprint density at radius 1 is 1.42 bits per heavy atom. The van der Waals surface area contributed by atoms with Crippen molar-refractivity contribution in [1.29, 1.82) is 0 Å². The van der Waals surface area contributed by atoms with Gasteiger partial charge in [0.05, 0.1) is 6.04 Å². The van der Waals surface area contributed by atoms with Gasteiger partial charge in [0.15, 0.2) is 17.5 Å². The van der Waals surface area contributed by atoms with Crippen molar-refractivity contribution in [2.24, 2.45) is 0 Å². The Balaban J connectivity index is 1.90. The summed E-state index contributed by atoms with van der Waals surface area (Å²) in [6, 6.07) is 1.10. The van der Waals surface area contributed by atoms with E-state index in [2.05, 4.69) is 30.2 Å². The predicted molar refractivity (Wildman–Crippen MR) is 93.0 cm³/mol. The van der Waals surface area contributed by atoms with E-state index >= 15 is 0 Å². The summed E-state index contributed by atoms with van der Waals surface area (Å²) < 4.78 is 6.87. The normalized spacial score (nSPS) is 15.2. The van der Waals surface area contributed by atoms with Crippen LogP contribution in [0.15, 0.2) is 12.4 Å². The highest BCUT2D eigenvalue weighted by atomic mass is 16.6. The van der Waals surface area contributed by atoms with Crippen LogP contribution in [0.2, 0.25) is 0 Å². The number of hydrogen-bond donors (Lipinski definition) is 1. The highest BCUT2D eigenvalue weighted by molar-refractivity contribution is 5.68. The van der Waals surface area contributed by atoms with Crippen LogP contribution in [0.25, 0.3) is 10.7 Å². The summed E-state index contributed by atoms with van der Waals surface area (Å²) >= 11 is 0. The second-order valence-electron chi connectivity index (χ2n) is 7.23. The number of carbonyl (C=O) groups is 1. The molecule has 1 atom stereocenters. The Morgan fingerprint density at radius 2 is 2.15 bits per heavy atom. The van der Waals surface area contributed by atoms with E-state index in [4.69, 9.17) is 11.3 Å². The summed E-state index contributed by atoms with van der Waals surface area (Å²) in [5.41, 5.74) is -0.589. The molecule has 1 saturated carbocycles. The minimum absolute atomic E-state index is 0.220. The van der Waals surface area contributed by atoms with E-state index < -0.39 is 17.7 Å². The molecule has 1 fully saturated rings. The molecule has 1 aliphatic carbocycles. The van der Waals surface area contributed by atoms with E-state index in [-0.39, 0.29) is 5.82 Å². The Morgan fingerprint density at radius 3 is 2.77 bits per heavy atom. The summed E-state index contributed by atoms with van der Waals surface area (Å²) in [6.07, 6.45) is 2.89. The lowest BCUT2D eigenvalue weighted by atomic mass is 10.2. The predicted octanol–water partition coefficient (Wildman–Crippen LogP) is 3.07. The van der Waals surface area contributed by atoms with Crippen LogP contribution < -0.4 is 5.32 Å². The molecule has 0 radical (unpaired) electrons. The summed E-state index contributed by atoms with van der Waals surface area (Å²) in [7, 11) is 0. The fourth-order valence-electron chi connectivity index (χ4n) is 2.37. The van der Waals surface area contributed by atoms with Crippen LogP contribution in [0, 0.1) is 6.57 Å². The fraction of sp³-hybridized carbons (Fsp3) is 0.529. The van der Waals surface area contributed by atoms with Crippen molar-refractivity contribution in [3.05, 3.63) is 35.5 Å². The van der Waals surface area contributed by atoms with Crippen molar-refractivity contribution in [2.75, 3.05) is 0 Å². The van der Waals surface area contributed by atoms with Gasteiger partial charge in [0, 0.05) is 12.0 Å². The number of carbonyl (C=O) groups excluding carboxylic acids is 1. The van der Waals surface area contributed by atoms with Crippen LogP contribution >= 0.6 is 0 Å². The zero-order chi connectivity index (χ0) is 18.9. The third-order valence-corrected chi connectivity index (χ3v) is 3.68. The highest BCUT2D eigenvalue weighted by Crippen LogP contribution is 2.38. The minimum Gasteiger partial charge on any atom is -0.444 e. The van der Waals surface area contributed by atoms with Crippen LogP contribution in [0.4, 0.5) is 10.6 Å². The number of rotatable bonds is 4. The molecule has 1 amide bonds. The lowest BCUT2D eigenvalue weighted by Gasteiger charge is -2.21. The quantitative estimate of drug-likeness (QED) is 0.846. The summed E-state index contributed by atoms with van der Waals surface area (Å²) in [5, 5.41) is 7.32. The maximum atomic E-state index is 12.1. The molecule has 0 saturated heterocycles. The van der Waals surface area contributed by atoms with Gasteiger partial charge in [0.2, 0.25) is 6.33 Å². The molecule has 1 aliphatic rings. The molecule has 26 heavy (non-hydrogen) atoms. The minimum atomic E-state index is -0.589. The maximum absolute atomic E-state index is 12.1.